The molecule has 0 saturated carbocycles. The maximum absolute atomic E-state index is 11.9. The molecule has 1 amide bonds. The van der Waals surface area contributed by atoms with Crippen molar-refractivity contribution < 1.29 is 9.32 Å². The van der Waals surface area contributed by atoms with E-state index in [0.717, 1.165) is 0 Å². The number of carbonyl (C=O) groups excluding carboxylic acids is 1. The third-order valence-corrected chi connectivity index (χ3v) is 2.51. The molecule has 1 unspecified atom stereocenters. The molecule has 0 radical (unpaired) electrons. The minimum absolute atomic E-state index is 0.140. The fourth-order valence-corrected chi connectivity index (χ4v) is 1.61. The normalized spacial score (nSPS) is 11.6. The molecule has 1 aromatic carbocycles. The lowest BCUT2D eigenvalue weighted by Crippen LogP contribution is -2.28. The van der Waals surface area contributed by atoms with Gasteiger partial charge in [-0.25, -0.2) is 0 Å². The second-order valence-electron chi connectivity index (χ2n) is 3.92. The number of aromatic nitrogens is 2. The monoisotopic (exact) mass is 256 g/mol. The molecule has 19 heavy (non-hydrogen) atoms. The third-order valence-electron chi connectivity index (χ3n) is 2.51. The summed E-state index contributed by atoms with van der Waals surface area (Å²) in [6, 6.07) is 10.9. The summed E-state index contributed by atoms with van der Waals surface area (Å²) >= 11 is 0. The molecule has 2 aromatic rings. The number of nitrogens with one attached hydrogen (secondary N) is 1. The maximum atomic E-state index is 11.9. The van der Waals surface area contributed by atoms with Crippen molar-refractivity contribution >= 4 is 5.91 Å². The topological polar surface area (TPSA) is 91.8 Å². The summed E-state index contributed by atoms with van der Waals surface area (Å²) in [6.45, 7) is 1.81. The van der Waals surface area contributed by atoms with Crippen molar-refractivity contribution in [2.45, 2.75) is 19.4 Å². The van der Waals surface area contributed by atoms with E-state index >= 15 is 0 Å². The van der Waals surface area contributed by atoms with Gasteiger partial charge in [-0.1, -0.05) is 35.5 Å². The van der Waals surface area contributed by atoms with Crippen LogP contribution >= 0.6 is 0 Å². The summed E-state index contributed by atoms with van der Waals surface area (Å²) in [5.74, 6) is -0.398. The number of hydrogen-bond acceptors (Lipinski definition) is 5. The lowest BCUT2D eigenvalue weighted by atomic mass is 10.00. The molecule has 0 aliphatic heterocycles. The highest BCUT2D eigenvalue weighted by Gasteiger charge is 2.19. The molecule has 6 heteroatoms. The van der Waals surface area contributed by atoms with Crippen molar-refractivity contribution in [3.05, 3.63) is 47.6 Å². The summed E-state index contributed by atoms with van der Waals surface area (Å²) in [5, 5.41) is 15.4. The van der Waals surface area contributed by atoms with Crippen LogP contribution in [0, 0.1) is 18.3 Å². The van der Waals surface area contributed by atoms with Crippen molar-refractivity contribution in [3.63, 3.8) is 0 Å². The zero-order chi connectivity index (χ0) is 13.7. The lowest BCUT2D eigenvalue weighted by molar-refractivity contribution is -0.121. The Balaban J connectivity index is 2.00. The van der Waals surface area contributed by atoms with Crippen molar-refractivity contribution in [2.75, 3.05) is 0 Å². The fraction of sp³-hybridized carbons (Fsp3) is 0.231. The van der Waals surface area contributed by atoms with Crippen LogP contribution in [0.15, 0.2) is 34.9 Å². The molecule has 2 rings (SSSR count). The van der Waals surface area contributed by atoms with Gasteiger partial charge in [-0.2, -0.15) is 10.2 Å². The largest absolute Gasteiger partial charge is 0.347 e. The van der Waals surface area contributed by atoms with Crippen molar-refractivity contribution in [1.82, 2.24) is 15.5 Å². The summed E-state index contributed by atoms with van der Waals surface area (Å²) in [5.41, 5.74) is 0.659. The SMILES string of the molecule is Cc1nc(CNC(=O)C(C#N)c2ccccc2)no1. The van der Waals surface area contributed by atoms with Gasteiger partial charge in [-0.15, -0.1) is 0 Å². The zero-order valence-electron chi connectivity index (χ0n) is 10.3. The quantitative estimate of drug-likeness (QED) is 0.890. The molecule has 1 atom stereocenters. The average Bonchev–Trinajstić information content (AvgIpc) is 2.84. The van der Waals surface area contributed by atoms with Crippen molar-refractivity contribution in [2.24, 2.45) is 0 Å². The Morgan fingerprint density at radius 2 is 2.21 bits per heavy atom. The number of carbonyl (C=O) groups is 1. The number of rotatable bonds is 4. The molecule has 96 valence electrons. The van der Waals surface area contributed by atoms with E-state index in [-0.39, 0.29) is 12.5 Å². The standard InChI is InChI=1S/C13H12N4O2/c1-9-16-12(17-19-9)8-15-13(18)11(7-14)10-5-3-2-4-6-10/h2-6,11H,8H2,1H3,(H,15,18). The predicted octanol–water partition coefficient (Wildman–Crippen LogP) is 1.30. The summed E-state index contributed by atoms with van der Waals surface area (Å²) in [7, 11) is 0. The van der Waals surface area contributed by atoms with Gasteiger partial charge in [0.2, 0.25) is 11.8 Å². The van der Waals surface area contributed by atoms with Gasteiger partial charge in [0.25, 0.3) is 0 Å². The Labute approximate surface area is 110 Å². The van der Waals surface area contributed by atoms with E-state index in [1.807, 2.05) is 12.1 Å². The van der Waals surface area contributed by atoms with E-state index in [1.165, 1.54) is 0 Å². The second-order valence-corrected chi connectivity index (χ2v) is 3.92. The van der Waals surface area contributed by atoms with Gasteiger partial charge >= 0.3 is 0 Å². The predicted molar refractivity (Wildman–Crippen MR) is 65.7 cm³/mol. The van der Waals surface area contributed by atoms with E-state index in [0.29, 0.717) is 17.3 Å². The van der Waals surface area contributed by atoms with Crippen LogP contribution in [0.1, 0.15) is 23.2 Å². The molecule has 0 fully saturated rings. The number of nitrogens with zero attached hydrogens (tertiary/aromatic N) is 3. The Hall–Kier alpha value is -2.68. The van der Waals surface area contributed by atoms with Crippen molar-refractivity contribution in [1.29, 1.82) is 5.26 Å². The third kappa shape index (κ3) is 3.16. The first-order valence-corrected chi connectivity index (χ1v) is 5.72. The Morgan fingerprint density at radius 3 is 2.79 bits per heavy atom. The van der Waals surface area contributed by atoms with Crippen LogP contribution in [0.3, 0.4) is 0 Å². The van der Waals surface area contributed by atoms with E-state index in [1.54, 1.807) is 31.2 Å². The van der Waals surface area contributed by atoms with Crippen LogP contribution in [0.4, 0.5) is 0 Å². The molecule has 1 aromatic heterocycles. The van der Waals surface area contributed by atoms with Crippen LogP contribution in [0.5, 0.6) is 0 Å². The molecule has 6 nitrogen and oxygen atoms in total. The molecule has 0 bridgehead atoms. The average molecular weight is 256 g/mol. The van der Waals surface area contributed by atoms with E-state index in [9.17, 15) is 4.79 Å². The fourth-order valence-electron chi connectivity index (χ4n) is 1.61. The number of aryl methyl sites for hydroxylation is 1. The van der Waals surface area contributed by atoms with Gasteiger partial charge in [-0.05, 0) is 5.56 Å². The molecule has 0 aliphatic rings. The van der Waals surface area contributed by atoms with Gasteiger partial charge in [0, 0.05) is 6.92 Å². The number of benzene rings is 1. The second kappa shape index (κ2) is 5.78. The Kier molecular flexibility index (Phi) is 3.88. The Morgan fingerprint density at radius 1 is 1.47 bits per heavy atom. The summed E-state index contributed by atoms with van der Waals surface area (Å²) in [4.78, 5) is 15.9. The molecular formula is C13H12N4O2. The zero-order valence-corrected chi connectivity index (χ0v) is 10.3. The van der Waals surface area contributed by atoms with Crippen LogP contribution in [-0.4, -0.2) is 16.0 Å². The molecule has 0 spiro atoms. The van der Waals surface area contributed by atoms with Crippen molar-refractivity contribution in [3.8, 4) is 6.07 Å². The van der Waals surface area contributed by atoms with Crippen LogP contribution in [-0.2, 0) is 11.3 Å². The first-order chi connectivity index (χ1) is 9.20. The van der Waals surface area contributed by atoms with Gasteiger partial charge in [0.1, 0.15) is 5.92 Å². The molecule has 1 N–H and O–H groups in total. The van der Waals surface area contributed by atoms with E-state index in [4.69, 9.17) is 9.78 Å². The summed E-state index contributed by atoms with van der Waals surface area (Å²) in [6.07, 6.45) is 0. The number of nitriles is 1. The highest BCUT2D eigenvalue weighted by atomic mass is 16.5. The maximum Gasteiger partial charge on any atom is 0.242 e. The van der Waals surface area contributed by atoms with Gasteiger partial charge in [-0.3, -0.25) is 4.79 Å². The highest BCUT2D eigenvalue weighted by Crippen LogP contribution is 2.14. The minimum Gasteiger partial charge on any atom is -0.347 e. The smallest absolute Gasteiger partial charge is 0.242 e. The van der Waals surface area contributed by atoms with E-state index in [2.05, 4.69) is 15.5 Å². The molecular weight excluding hydrogens is 244 g/mol. The first-order valence-electron chi connectivity index (χ1n) is 5.72. The minimum atomic E-state index is -0.839. The number of hydrogen-bond donors (Lipinski definition) is 1. The number of amides is 1. The van der Waals surface area contributed by atoms with Crippen LogP contribution < -0.4 is 5.32 Å². The van der Waals surface area contributed by atoms with Crippen LogP contribution in [0.2, 0.25) is 0 Å². The van der Waals surface area contributed by atoms with E-state index < -0.39 is 5.92 Å². The van der Waals surface area contributed by atoms with Gasteiger partial charge < -0.3 is 9.84 Å². The lowest BCUT2D eigenvalue weighted by Gasteiger charge is -2.08. The molecule has 1 heterocycles. The van der Waals surface area contributed by atoms with Crippen LogP contribution in [0.25, 0.3) is 0 Å². The highest BCUT2D eigenvalue weighted by molar-refractivity contribution is 5.86. The molecule has 0 aliphatic carbocycles. The Bertz CT molecular complexity index is 601. The first kappa shape index (κ1) is 12.8. The van der Waals surface area contributed by atoms with Gasteiger partial charge in [0.15, 0.2) is 5.82 Å². The molecule has 0 saturated heterocycles. The summed E-state index contributed by atoms with van der Waals surface area (Å²) < 4.78 is 4.79. The van der Waals surface area contributed by atoms with Gasteiger partial charge in [0.05, 0.1) is 12.6 Å².